The Bertz CT molecular complexity index is 728. The first-order valence-electron chi connectivity index (χ1n) is 7.85. The summed E-state index contributed by atoms with van der Waals surface area (Å²) in [6.07, 6.45) is 2.57. The lowest BCUT2D eigenvalue weighted by molar-refractivity contribution is -0.160. The number of carbonyl (C=O) groups is 2. The topological polar surface area (TPSA) is 76.5 Å². The first-order valence-corrected chi connectivity index (χ1v) is 7.85. The molecule has 0 bridgehead atoms. The Labute approximate surface area is 140 Å². The fourth-order valence-electron chi connectivity index (χ4n) is 2.79. The lowest BCUT2D eigenvalue weighted by Gasteiger charge is -2.38. The van der Waals surface area contributed by atoms with Crippen molar-refractivity contribution in [1.82, 2.24) is 14.7 Å². The van der Waals surface area contributed by atoms with E-state index >= 15 is 0 Å². The van der Waals surface area contributed by atoms with Gasteiger partial charge in [-0.25, -0.2) is 0 Å². The number of benzene rings is 1. The van der Waals surface area contributed by atoms with E-state index in [2.05, 4.69) is 10.4 Å². The summed E-state index contributed by atoms with van der Waals surface area (Å²) in [5.41, 5.74) is 1.47. The predicted octanol–water partition coefficient (Wildman–Crippen LogP) is 1.44. The van der Waals surface area contributed by atoms with Gasteiger partial charge in [0.15, 0.2) is 6.10 Å². The number of aromatic nitrogens is 2. The number of amides is 2. The summed E-state index contributed by atoms with van der Waals surface area (Å²) in [5.74, 6) is -0.439. The van der Waals surface area contributed by atoms with Crippen LogP contribution in [0.1, 0.15) is 18.5 Å². The molecule has 7 nitrogen and oxygen atoms in total. The number of hydrogen-bond donors (Lipinski definition) is 1. The van der Waals surface area contributed by atoms with Crippen molar-refractivity contribution in [3.63, 3.8) is 0 Å². The van der Waals surface area contributed by atoms with E-state index in [1.54, 1.807) is 29.0 Å². The molecule has 2 unspecified atom stereocenters. The zero-order valence-corrected chi connectivity index (χ0v) is 13.7. The van der Waals surface area contributed by atoms with Crippen LogP contribution in [0.15, 0.2) is 42.7 Å². The van der Waals surface area contributed by atoms with Gasteiger partial charge in [0.25, 0.3) is 5.91 Å². The summed E-state index contributed by atoms with van der Waals surface area (Å²) in [5, 5.41) is 6.95. The molecule has 1 aromatic carbocycles. The van der Waals surface area contributed by atoms with E-state index in [0.29, 0.717) is 5.69 Å². The van der Waals surface area contributed by atoms with Crippen molar-refractivity contribution in [2.45, 2.75) is 25.6 Å². The number of ether oxygens (including phenoxy) is 1. The maximum Gasteiger partial charge on any atom is 0.256 e. The number of likely N-dealkylation sites (N-methyl/N-ethyl adjacent to an activating group) is 1. The fourth-order valence-corrected chi connectivity index (χ4v) is 2.79. The average molecular weight is 328 g/mol. The van der Waals surface area contributed by atoms with Crippen molar-refractivity contribution in [3.05, 3.63) is 48.3 Å². The summed E-state index contributed by atoms with van der Waals surface area (Å²) in [6.45, 7) is 2.58. The van der Waals surface area contributed by atoms with Crippen molar-refractivity contribution in [2.75, 3.05) is 19.0 Å². The van der Waals surface area contributed by atoms with Gasteiger partial charge < -0.3 is 15.0 Å². The Morgan fingerprint density at radius 1 is 1.38 bits per heavy atom. The normalized spacial score (nSPS) is 20.9. The zero-order valence-electron chi connectivity index (χ0n) is 13.7. The minimum Gasteiger partial charge on any atom is -0.356 e. The van der Waals surface area contributed by atoms with Gasteiger partial charge in [-0.05, 0) is 12.5 Å². The van der Waals surface area contributed by atoms with Crippen molar-refractivity contribution in [2.24, 2.45) is 0 Å². The van der Waals surface area contributed by atoms with Crippen LogP contribution in [-0.4, -0.2) is 46.3 Å². The molecule has 1 aliphatic heterocycles. The van der Waals surface area contributed by atoms with Gasteiger partial charge in [0.2, 0.25) is 5.91 Å². The van der Waals surface area contributed by atoms with Crippen LogP contribution in [-0.2, 0) is 20.9 Å². The van der Waals surface area contributed by atoms with Gasteiger partial charge in [0.05, 0.1) is 17.9 Å². The Balaban J connectivity index is 1.83. The highest BCUT2D eigenvalue weighted by atomic mass is 16.5. The minimum atomic E-state index is -0.778. The highest BCUT2D eigenvalue weighted by Gasteiger charge is 2.40. The number of anilines is 1. The van der Waals surface area contributed by atoms with Crippen LogP contribution in [0.5, 0.6) is 0 Å². The van der Waals surface area contributed by atoms with Crippen molar-refractivity contribution in [3.8, 4) is 0 Å². The number of hydrogen-bond acceptors (Lipinski definition) is 4. The molecule has 1 fully saturated rings. The van der Waals surface area contributed by atoms with Crippen molar-refractivity contribution in [1.29, 1.82) is 0 Å². The second-order valence-electron chi connectivity index (χ2n) is 5.67. The molecule has 0 aliphatic carbocycles. The maximum atomic E-state index is 12.7. The number of aryl methyl sites for hydroxylation is 1. The molecule has 0 saturated carbocycles. The summed E-state index contributed by atoms with van der Waals surface area (Å²) in [4.78, 5) is 26.3. The number of morpholine rings is 1. The molecule has 126 valence electrons. The Kier molecular flexibility index (Phi) is 4.61. The lowest BCUT2D eigenvalue weighted by atomic mass is 9.97. The number of nitrogens with one attached hydrogen (secondary N) is 1. The molecule has 7 heteroatoms. The third kappa shape index (κ3) is 3.16. The number of carbonyl (C=O) groups excluding carboxylic acids is 2. The Morgan fingerprint density at radius 3 is 2.79 bits per heavy atom. The molecular formula is C17H20N4O3. The third-order valence-corrected chi connectivity index (χ3v) is 4.11. The molecule has 3 rings (SSSR count). The smallest absolute Gasteiger partial charge is 0.256 e. The molecule has 0 radical (unpaired) electrons. The number of rotatable bonds is 4. The monoisotopic (exact) mass is 328 g/mol. The van der Waals surface area contributed by atoms with Gasteiger partial charge in [-0.3, -0.25) is 14.3 Å². The highest BCUT2D eigenvalue weighted by molar-refractivity contribution is 5.96. The summed E-state index contributed by atoms with van der Waals surface area (Å²) >= 11 is 0. The summed E-state index contributed by atoms with van der Waals surface area (Å²) in [7, 11) is 1.69. The largest absolute Gasteiger partial charge is 0.356 e. The number of nitrogens with zero attached hydrogens (tertiary/aromatic N) is 3. The molecule has 2 amide bonds. The van der Waals surface area contributed by atoms with Crippen LogP contribution in [0.25, 0.3) is 0 Å². The Hall–Kier alpha value is -2.67. The van der Waals surface area contributed by atoms with Gasteiger partial charge in [-0.15, -0.1) is 0 Å². The maximum absolute atomic E-state index is 12.7. The van der Waals surface area contributed by atoms with E-state index in [9.17, 15) is 9.59 Å². The van der Waals surface area contributed by atoms with E-state index in [1.165, 1.54) is 0 Å². The van der Waals surface area contributed by atoms with E-state index in [0.717, 1.165) is 12.1 Å². The van der Waals surface area contributed by atoms with Crippen molar-refractivity contribution >= 4 is 17.5 Å². The quantitative estimate of drug-likeness (QED) is 0.921. The zero-order chi connectivity index (χ0) is 17.1. The highest BCUT2D eigenvalue weighted by Crippen LogP contribution is 2.29. The minimum absolute atomic E-state index is 0.105. The first-order chi connectivity index (χ1) is 11.6. The molecule has 24 heavy (non-hydrogen) atoms. The predicted molar refractivity (Wildman–Crippen MR) is 88.2 cm³/mol. The van der Waals surface area contributed by atoms with E-state index in [4.69, 9.17) is 4.74 Å². The SMILES string of the molecule is CCn1cc(NC(=O)C2OCC(=O)N(C)C2c2ccccc2)cn1. The van der Waals surface area contributed by atoms with Crippen LogP contribution >= 0.6 is 0 Å². The average Bonchev–Trinajstić information content (AvgIpc) is 3.05. The van der Waals surface area contributed by atoms with Gasteiger partial charge in [0, 0.05) is 19.8 Å². The van der Waals surface area contributed by atoms with Crippen LogP contribution in [0.4, 0.5) is 5.69 Å². The van der Waals surface area contributed by atoms with Crippen molar-refractivity contribution < 1.29 is 14.3 Å². The van der Waals surface area contributed by atoms with Gasteiger partial charge >= 0.3 is 0 Å². The molecule has 2 aromatic rings. The molecule has 2 heterocycles. The molecule has 1 aliphatic rings. The van der Waals surface area contributed by atoms with E-state index < -0.39 is 12.1 Å². The molecule has 1 N–H and O–H groups in total. The molecule has 1 aromatic heterocycles. The summed E-state index contributed by atoms with van der Waals surface area (Å²) < 4.78 is 7.29. The molecular weight excluding hydrogens is 308 g/mol. The van der Waals surface area contributed by atoms with Crippen LogP contribution in [0.2, 0.25) is 0 Å². The van der Waals surface area contributed by atoms with Crippen LogP contribution in [0.3, 0.4) is 0 Å². The van der Waals surface area contributed by atoms with Gasteiger partial charge in [-0.1, -0.05) is 30.3 Å². The molecule has 0 spiro atoms. The Morgan fingerprint density at radius 2 is 2.12 bits per heavy atom. The lowest BCUT2D eigenvalue weighted by Crippen LogP contribution is -2.51. The van der Waals surface area contributed by atoms with Gasteiger partial charge in [-0.2, -0.15) is 5.10 Å². The van der Waals surface area contributed by atoms with E-state index in [-0.39, 0.29) is 18.4 Å². The molecule has 1 saturated heterocycles. The summed E-state index contributed by atoms with van der Waals surface area (Å²) in [6, 6.07) is 8.96. The van der Waals surface area contributed by atoms with E-state index in [1.807, 2.05) is 37.3 Å². The second-order valence-corrected chi connectivity index (χ2v) is 5.67. The van der Waals surface area contributed by atoms with Crippen LogP contribution < -0.4 is 5.32 Å². The third-order valence-electron chi connectivity index (χ3n) is 4.11. The fraction of sp³-hybridized carbons (Fsp3) is 0.353. The van der Waals surface area contributed by atoms with Gasteiger partial charge in [0.1, 0.15) is 6.61 Å². The molecule has 2 atom stereocenters. The first kappa shape index (κ1) is 16.2. The second kappa shape index (κ2) is 6.84. The van der Waals surface area contributed by atoms with Crippen LogP contribution in [0, 0.1) is 0 Å². The standard InChI is InChI=1S/C17H20N4O3/c1-3-21-10-13(9-18-21)19-17(23)16-15(12-7-5-4-6-8-12)20(2)14(22)11-24-16/h4-10,15-16H,3,11H2,1-2H3,(H,19,23).